The van der Waals surface area contributed by atoms with Crippen molar-refractivity contribution in [3.63, 3.8) is 0 Å². The monoisotopic (exact) mass is 190 g/mol. The summed E-state index contributed by atoms with van der Waals surface area (Å²) in [6.07, 6.45) is 5.37. The van der Waals surface area contributed by atoms with Crippen molar-refractivity contribution < 1.29 is 4.79 Å². The number of carbonyl (C=O) groups is 1. The van der Waals surface area contributed by atoms with Crippen molar-refractivity contribution in [1.82, 2.24) is 10.3 Å². The third-order valence-corrected chi connectivity index (χ3v) is 1.79. The van der Waals surface area contributed by atoms with Gasteiger partial charge in [0.25, 0.3) is 5.91 Å². The highest BCUT2D eigenvalue weighted by Crippen LogP contribution is 1.98. The lowest BCUT2D eigenvalue weighted by atomic mass is 10.2. The van der Waals surface area contributed by atoms with Crippen LogP contribution in [0.25, 0.3) is 0 Å². The highest BCUT2D eigenvalue weighted by molar-refractivity contribution is 5.93. The van der Waals surface area contributed by atoms with Gasteiger partial charge in [-0.2, -0.15) is 0 Å². The standard InChI is InChI=1S/C11H14N2O/c1-3-4-7-12-11(14)10-6-5-9(2)13-8-10/h3-6,8H,7H2,1-2H3,(H,12,14)/b4-3+. The zero-order chi connectivity index (χ0) is 10.4. The van der Waals surface area contributed by atoms with Crippen LogP contribution in [0.1, 0.15) is 23.0 Å². The van der Waals surface area contributed by atoms with E-state index in [2.05, 4.69) is 10.3 Å². The van der Waals surface area contributed by atoms with Crippen LogP contribution in [0, 0.1) is 6.92 Å². The Morgan fingerprint density at radius 2 is 2.36 bits per heavy atom. The van der Waals surface area contributed by atoms with Crippen molar-refractivity contribution >= 4 is 5.91 Å². The number of pyridine rings is 1. The third-order valence-electron chi connectivity index (χ3n) is 1.79. The molecule has 1 aromatic rings. The third kappa shape index (κ3) is 3.01. The molecule has 1 N–H and O–H groups in total. The first kappa shape index (κ1) is 10.4. The van der Waals surface area contributed by atoms with Crippen LogP contribution in [0.4, 0.5) is 0 Å². The number of aromatic nitrogens is 1. The first-order valence-corrected chi connectivity index (χ1v) is 4.56. The molecule has 0 saturated carbocycles. The molecule has 0 aliphatic rings. The van der Waals surface area contributed by atoms with Crippen molar-refractivity contribution in [3.05, 3.63) is 41.7 Å². The maximum Gasteiger partial charge on any atom is 0.253 e. The van der Waals surface area contributed by atoms with E-state index in [1.54, 1.807) is 12.3 Å². The summed E-state index contributed by atoms with van der Waals surface area (Å²) in [5.74, 6) is -0.0874. The predicted octanol–water partition coefficient (Wildman–Crippen LogP) is 1.70. The molecular weight excluding hydrogens is 176 g/mol. The van der Waals surface area contributed by atoms with Crippen molar-refractivity contribution in [3.8, 4) is 0 Å². The summed E-state index contributed by atoms with van der Waals surface area (Å²) >= 11 is 0. The number of rotatable bonds is 3. The normalized spacial score (nSPS) is 10.4. The number of nitrogens with one attached hydrogen (secondary N) is 1. The molecule has 1 rings (SSSR count). The molecule has 1 aromatic heterocycles. The van der Waals surface area contributed by atoms with Gasteiger partial charge >= 0.3 is 0 Å². The second-order valence-corrected chi connectivity index (χ2v) is 2.97. The summed E-state index contributed by atoms with van der Waals surface area (Å²) in [4.78, 5) is 15.5. The molecule has 74 valence electrons. The Morgan fingerprint density at radius 1 is 1.57 bits per heavy atom. The number of hydrogen-bond acceptors (Lipinski definition) is 2. The summed E-state index contributed by atoms with van der Waals surface area (Å²) < 4.78 is 0. The van der Waals surface area contributed by atoms with Crippen LogP contribution in [-0.2, 0) is 0 Å². The Bertz CT molecular complexity index is 328. The highest BCUT2D eigenvalue weighted by atomic mass is 16.1. The van der Waals surface area contributed by atoms with Crippen molar-refractivity contribution in [2.75, 3.05) is 6.54 Å². The maximum absolute atomic E-state index is 11.4. The van der Waals surface area contributed by atoms with Gasteiger partial charge in [-0.25, -0.2) is 0 Å². The Labute approximate surface area is 83.9 Å². The lowest BCUT2D eigenvalue weighted by Gasteiger charge is -2.01. The molecule has 3 nitrogen and oxygen atoms in total. The Kier molecular flexibility index (Phi) is 3.85. The van der Waals surface area contributed by atoms with Gasteiger partial charge in [0.15, 0.2) is 0 Å². The molecule has 3 heteroatoms. The number of hydrogen-bond donors (Lipinski definition) is 1. The van der Waals surface area contributed by atoms with E-state index in [1.807, 2.05) is 32.1 Å². The van der Waals surface area contributed by atoms with Gasteiger partial charge in [-0.05, 0) is 26.0 Å². The van der Waals surface area contributed by atoms with E-state index in [9.17, 15) is 4.79 Å². The van der Waals surface area contributed by atoms with Crippen LogP contribution >= 0.6 is 0 Å². The van der Waals surface area contributed by atoms with Crippen molar-refractivity contribution in [1.29, 1.82) is 0 Å². The van der Waals surface area contributed by atoms with Gasteiger partial charge in [0, 0.05) is 18.4 Å². The van der Waals surface area contributed by atoms with Crippen LogP contribution in [0.15, 0.2) is 30.5 Å². The van der Waals surface area contributed by atoms with Gasteiger partial charge in [0.05, 0.1) is 5.56 Å². The molecule has 0 aliphatic heterocycles. The number of carbonyl (C=O) groups excluding carboxylic acids is 1. The second-order valence-electron chi connectivity index (χ2n) is 2.97. The minimum Gasteiger partial charge on any atom is -0.349 e. The van der Waals surface area contributed by atoms with Gasteiger partial charge in [-0.3, -0.25) is 9.78 Å². The molecule has 0 aliphatic carbocycles. The molecule has 0 radical (unpaired) electrons. The van der Waals surface area contributed by atoms with E-state index in [0.29, 0.717) is 12.1 Å². The minimum absolute atomic E-state index is 0.0874. The second kappa shape index (κ2) is 5.17. The maximum atomic E-state index is 11.4. The zero-order valence-corrected chi connectivity index (χ0v) is 8.45. The molecule has 0 aromatic carbocycles. The van der Waals surface area contributed by atoms with E-state index in [0.717, 1.165) is 5.69 Å². The van der Waals surface area contributed by atoms with E-state index in [-0.39, 0.29) is 5.91 Å². The number of allylic oxidation sites excluding steroid dienone is 1. The fraction of sp³-hybridized carbons (Fsp3) is 0.273. The first-order valence-electron chi connectivity index (χ1n) is 4.56. The lowest BCUT2D eigenvalue weighted by molar-refractivity contribution is 0.0957. The summed E-state index contributed by atoms with van der Waals surface area (Å²) in [5.41, 5.74) is 1.51. The van der Waals surface area contributed by atoms with Crippen molar-refractivity contribution in [2.24, 2.45) is 0 Å². The smallest absolute Gasteiger partial charge is 0.253 e. The molecule has 1 heterocycles. The Balaban J connectivity index is 2.56. The molecule has 0 fully saturated rings. The Hall–Kier alpha value is -1.64. The van der Waals surface area contributed by atoms with E-state index >= 15 is 0 Å². The van der Waals surface area contributed by atoms with Crippen LogP contribution < -0.4 is 5.32 Å². The molecular formula is C11H14N2O. The largest absolute Gasteiger partial charge is 0.349 e. The predicted molar refractivity (Wildman–Crippen MR) is 56.1 cm³/mol. The van der Waals surface area contributed by atoms with Gasteiger partial charge in [-0.1, -0.05) is 12.2 Å². The fourth-order valence-electron chi connectivity index (χ4n) is 0.974. The summed E-state index contributed by atoms with van der Waals surface area (Å²) in [6, 6.07) is 3.60. The van der Waals surface area contributed by atoms with E-state index in [4.69, 9.17) is 0 Å². The van der Waals surface area contributed by atoms with Gasteiger partial charge in [-0.15, -0.1) is 0 Å². The topological polar surface area (TPSA) is 42.0 Å². The summed E-state index contributed by atoms with van der Waals surface area (Å²) in [5, 5.41) is 2.75. The quantitative estimate of drug-likeness (QED) is 0.737. The van der Waals surface area contributed by atoms with Crippen molar-refractivity contribution in [2.45, 2.75) is 13.8 Å². The summed E-state index contributed by atoms with van der Waals surface area (Å²) in [6.45, 7) is 4.37. The number of aryl methyl sites for hydroxylation is 1. The molecule has 0 saturated heterocycles. The SMILES string of the molecule is C/C=C/CNC(=O)c1ccc(C)nc1. The van der Waals surface area contributed by atoms with Crippen LogP contribution in [0.2, 0.25) is 0 Å². The minimum atomic E-state index is -0.0874. The van der Waals surface area contributed by atoms with Gasteiger partial charge < -0.3 is 5.32 Å². The first-order chi connectivity index (χ1) is 6.74. The Morgan fingerprint density at radius 3 is 2.93 bits per heavy atom. The molecule has 14 heavy (non-hydrogen) atoms. The number of nitrogens with zero attached hydrogens (tertiary/aromatic N) is 1. The van der Waals surface area contributed by atoms with Gasteiger partial charge in [0.1, 0.15) is 0 Å². The lowest BCUT2D eigenvalue weighted by Crippen LogP contribution is -2.23. The highest BCUT2D eigenvalue weighted by Gasteiger charge is 2.02. The molecule has 1 amide bonds. The zero-order valence-electron chi connectivity index (χ0n) is 8.45. The fourth-order valence-corrected chi connectivity index (χ4v) is 0.974. The van der Waals surface area contributed by atoms with E-state index in [1.165, 1.54) is 0 Å². The molecule has 0 unspecified atom stereocenters. The molecule has 0 spiro atoms. The average molecular weight is 190 g/mol. The van der Waals surface area contributed by atoms with Crippen LogP contribution in [-0.4, -0.2) is 17.4 Å². The van der Waals surface area contributed by atoms with E-state index < -0.39 is 0 Å². The van der Waals surface area contributed by atoms with Crippen LogP contribution in [0.5, 0.6) is 0 Å². The number of amides is 1. The average Bonchev–Trinajstić information content (AvgIpc) is 2.19. The summed E-state index contributed by atoms with van der Waals surface area (Å²) in [7, 11) is 0. The molecule has 0 atom stereocenters. The van der Waals surface area contributed by atoms with Crippen LogP contribution in [0.3, 0.4) is 0 Å². The van der Waals surface area contributed by atoms with Gasteiger partial charge in [0.2, 0.25) is 0 Å². The molecule has 0 bridgehead atoms.